The van der Waals surface area contributed by atoms with E-state index in [1.165, 1.54) is 4.90 Å². The summed E-state index contributed by atoms with van der Waals surface area (Å²) in [6.45, 7) is 0.594. The Bertz CT molecular complexity index is 482. The van der Waals surface area contributed by atoms with Crippen LogP contribution in [0.2, 0.25) is 5.02 Å². The van der Waals surface area contributed by atoms with E-state index in [9.17, 15) is 18.4 Å². The third kappa shape index (κ3) is 2.50. The van der Waals surface area contributed by atoms with Gasteiger partial charge in [-0.2, -0.15) is 0 Å². The van der Waals surface area contributed by atoms with Gasteiger partial charge in [0.05, 0.1) is 0 Å². The molecule has 8 heteroatoms. The molecule has 0 unspecified atom stereocenters. The zero-order valence-electron chi connectivity index (χ0n) is 8.58. The van der Waals surface area contributed by atoms with Gasteiger partial charge in [0.2, 0.25) is 6.43 Å². The molecule has 0 spiro atoms. The Morgan fingerprint density at radius 1 is 1.59 bits per heavy atom. The second-order valence-corrected chi connectivity index (χ2v) is 5.07. The second kappa shape index (κ2) is 4.73. The van der Waals surface area contributed by atoms with Crippen LogP contribution in [0.1, 0.15) is 16.1 Å². The Balaban J connectivity index is 1.96. The van der Waals surface area contributed by atoms with Crippen molar-refractivity contribution < 1.29 is 13.6 Å². The molecule has 1 aliphatic rings. The highest BCUT2D eigenvalue weighted by Gasteiger charge is 2.34. The summed E-state index contributed by atoms with van der Waals surface area (Å²) >= 11 is 6.52. The van der Waals surface area contributed by atoms with Gasteiger partial charge in [-0.1, -0.05) is 23.1 Å². The molecule has 0 atom stereocenters. The van der Waals surface area contributed by atoms with Gasteiger partial charge in [0.15, 0.2) is 0 Å². The van der Waals surface area contributed by atoms with E-state index in [0.29, 0.717) is 13.1 Å². The molecule has 94 valence electrons. The predicted octanol–water partition coefficient (Wildman–Crippen LogP) is 1.82. The number of alkyl halides is 2. The molecule has 1 N–H and O–H groups in total. The number of likely N-dealkylation sites (tertiary alicyclic amines) is 1. The van der Waals surface area contributed by atoms with E-state index in [0.717, 1.165) is 11.5 Å². The summed E-state index contributed by atoms with van der Waals surface area (Å²) in [4.78, 5) is 24.4. The number of hydrogen-bond acceptors (Lipinski definition) is 3. The molecule has 1 aliphatic heterocycles. The number of nitrogens with one attached hydrogen (secondary N) is 1. The van der Waals surface area contributed by atoms with Crippen molar-refractivity contribution >= 4 is 29.0 Å². The monoisotopic (exact) mass is 282 g/mol. The van der Waals surface area contributed by atoms with Gasteiger partial charge in [-0.25, -0.2) is 8.78 Å². The largest absolute Gasteiger partial charge is 0.337 e. The van der Waals surface area contributed by atoms with Crippen molar-refractivity contribution in [3.63, 3.8) is 0 Å². The molecular formula is C9H9ClF2N2O2S. The Kier molecular flexibility index (Phi) is 3.48. The SMILES string of the molecule is O=C(c1s[nH]c(=O)c1Cl)N1CC(CC(F)F)C1. The van der Waals surface area contributed by atoms with E-state index in [4.69, 9.17) is 11.6 Å². The fourth-order valence-electron chi connectivity index (χ4n) is 1.71. The molecule has 2 heterocycles. The van der Waals surface area contributed by atoms with Crippen LogP contribution >= 0.6 is 23.1 Å². The van der Waals surface area contributed by atoms with Gasteiger partial charge in [0, 0.05) is 19.5 Å². The van der Waals surface area contributed by atoms with Crippen molar-refractivity contribution in [2.24, 2.45) is 5.92 Å². The first kappa shape index (κ1) is 12.5. The van der Waals surface area contributed by atoms with Crippen LogP contribution in [-0.2, 0) is 0 Å². The van der Waals surface area contributed by atoms with Crippen molar-refractivity contribution in [2.75, 3.05) is 13.1 Å². The van der Waals surface area contributed by atoms with Crippen LogP contribution in [-0.4, -0.2) is 34.7 Å². The normalized spacial score (nSPS) is 16.4. The van der Waals surface area contributed by atoms with Crippen LogP contribution in [0.25, 0.3) is 0 Å². The van der Waals surface area contributed by atoms with E-state index in [-0.39, 0.29) is 28.1 Å². The number of halogens is 3. The fourth-order valence-corrected chi connectivity index (χ4v) is 2.70. The zero-order chi connectivity index (χ0) is 12.6. The van der Waals surface area contributed by atoms with Gasteiger partial charge in [0.25, 0.3) is 11.5 Å². The minimum Gasteiger partial charge on any atom is -0.337 e. The number of H-pyrrole nitrogens is 1. The van der Waals surface area contributed by atoms with Gasteiger partial charge in [-0.3, -0.25) is 14.0 Å². The molecule has 1 aromatic heterocycles. The highest BCUT2D eigenvalue weighted by Crippen LogP contribution is 2.26. The number of rotatable bonds is 3. The van der Waals surface area contributed by atoms with E-state index in [1.807, 2.05) is 0 Å². The van der Waals surface area contributed by atoms with Gasteiger partial charge >= 0.3 is 0 Å². The van der Waals surface area contributed by atoms with E-state index in [1.54, 1.807) is 0 Å². The number of amides is 1. The van der Waals surface area contributed by atoms with Crippen molar-refractivity contribution in [3.05, 3.63) is 20.3 Å². The van der Waals surface area contributed by atoms with E-state index in [2.05, 4.69) is 4.37 Å². The molecule has 0 radical (unpaired) electrons. The maximum absolute atomic E-state index is 12.1. The van der Waals surface area contributed by atoms with Gasteiger partial charge in [0.1, 0.15) is 9.90 Å². The van der Waals surface area contributed by atoms with Crippen molar-refractivity contribution in [1.29, 1.82) is 0 Å². The topological polar surface area (TPSA) is 53.2 Å². The molecule has 2 rings (SSSR count). The number of aromatic nitrogens is 1. The van der Waals surface area contributed by atoms with Crippen LogP contribution < -0.4 is 5.56 Å². The molecule has 0 aliphatic carbocycles. The maximum atomic E-state index is 12.1. The second-order valence-electron chi connectivity index (χ2n) is 3.88. The molecule has 17 heavy (non-hydrogen) atoms. The first-order chi connectivity index (χ1) is 7.99. The van der Waals surface area contributed by atoms with Crippen LogP contribution in [0, 0.1) is 5.92 Å². The predicted molar refractivity (Wildman–Crippen MR) is 60.0 cm³/mol. The minimum absolute atomic E-state index is 0.127. The lowest BCUT2D eigenvalue weighted by Gasteiger charge is -2.38. The van der Waals surface area contributed by atoms with Gasteiger partial charge < -0.3 is 4.90 Å². The van der Waals surface area contributed by atoms with E-state index < -0.39 is 12.0 Å². The summed E-state index contributed by atoms with van der Waals surface area (Å²) in [6.07, 6.45) is -2.54. The molecule has 0 bridgehead atoms. The Morgan fingerprint density at radius 3 is 2.71 bits per heavy atom. The fraction of sp³-hybridized carbons (Fsp3) is 0.556. The Labute approximate surface area is 104 Å². The number of carbonyl (C=O) groups excluding carboxylic acids is 1. The Morgan fingerprint density at radius 2 is 2.24 bits per heavy atom. The van der Waals surface area contributed by atoms with Crippen molar-refractivity contribution in [1.82, 2.24) is 9.27 Å². The summed E-state index contributed by atoms with van der Waals surface area (Å²) in [5.74, 6) is -0.530. The standard InChI is InChI=1S/C9H9ClF2N2O2S/c10-6-7(17-13-8(6)15)9(16)14-2-4(3-14)1-5(11)12/h4-5H,1-3H2,(H,13,15). The molecule has 0 aromatic carbocycles. The van der Waals surface area contributed by atoms with Crippen LogP contribution in [0.15, 0.2) is 4.79 Å². The molecule has 1 fully saturated rings. The average molecular weight is 283 g/mol. The lowest BCUT2D eigenvalue weighted by molar-refractivity contribution is 0.0284. The number of carbonyl (C=O) groups is 1. The highest BCUT2D eigenvalue weighted by atomic mass is 35.5. The summed E-state index contributed by atoms with van der Waals surface area (Å²) in [5.41, 5.74) is -0.496. The lowest BCUT2D eigenvalue weighted by atomic mass is 9.96. The number of hydrogen-bond donors (Lipinski definition) is 1. The quantitative estimate of drug-likeness (QED) is 0.919. The molecular weight excluding hydrogens is 274 g/mol. The van der Waals surface area contributed by atoms with Crippen LogP contribution in [0.3, 0.4) is 0 Å². The minimum atomic E-state index is -2.34. The maximum Gasteiger partial charge on any atom is 0.277 e. The highest BCUT2D eigenvalue weighted by molar-refractivity contribution is 7.08. The van der Waals surface area contributed by atoms with Crippen molar-refractivity contribution in [3.8, 4) is 0 Å². The number of nitrogens with zero attached hydrogens (tertiary/aromatic N) is 1. The van der Waals surface area contributed by atoms with Crippen LogP contribution in [0.5, 0.6) is 0 Å². The zero-order valence-corrected chi connectivity index (χ0v) is 10.2. The first-order valence-corrected chi connectivity index (χ1v) is 6.13. The lowest BCUT2D eigenvalue weighted by Crippen LogP contribution is -2.50. The molecule has 1 saturated heterocycles. The molecule has 1 aromatic rings. The summed E-state index contributed by atoms with van der Waals surface area (Å²) in [5, 5.41) is -0.127. The average Bonchev–Trinajstić information content (AvgIpc) is 2.52. The van der Waals surface area contributed by atoms with Gasteiger partial charge in [-0.05, 0) is 5.92 Å². The smallest absolute Gasteiger partial charge is 0.277 e. The third-order valence-corrected chi connectivity index (χ3v) is 3.94. The number of aromatic amines is 1. The summed E-state index contributed by atoms with van der Waals surface area (Å²) in [6, 6.07) is 0. The van der Waals surface area contributed by atoms with Crippen LogP contribution in [0.4, 0.5) is 8.78 Å². The summed E-state index contributed by atoms with van der Waals surface area (Å²) in [7, 11) is 0. The van der Waals surface area contributed by atoms with Crippen molar-refractivity contribution in [2.45, 2.75) is 12.8 Å². The van der Waals surface area contributed by atoms with Gasteiger partial charge in [-0.15, -0.1) is 0 Å². The Hall–Kier alpha value is -0.950. The molecule has 0 saturated carbocycles. The molecule has 4 nitrogen and oxygen atoms in total. The summed E-state index contributed by atoms with van der Waals surface area (Å²) < 4.78 is 26.5. The molecule has 1 amide bonds. The van der Waals surface area contributed by atoms with E-state index >= 15 is 0 Å². The third-order valence-electron chi connectivity index (χ3n) is 2.59. The first-order valence-electron chi connectivity index (χ1n) is 4.93.